The van der Waals surface area contributed by atoms with Gasteiger partial charge in [-0.2, -0.15) is 0 Å². The quantitative estimate of drug-likeness (QED) is 0.809. The smallest absolute Gasteiger partial charge is 0.319 e. The summed E-state index contributed by atoms with van der Waals surface area (Å²) >= 11 is 1.51. The van der Waals surface area contributed by atoms with E-state index in [4.69, 9.17) is 0 Å². The number of aliphatic hydroxyl groups is 1. The lowest BCUT2D eigenvalue weighted by Gasteiger charge is -2.14. The molecule has 2 amide bonds. The number of carbonyl (C=O) groups excluding carboxylic acids is 1. The lowest BCUT2D eigenvalue weighted by atomic mass is 10.0. The summed E-state index contributed by atoms with van der Waals surface area (Å²) in [5.74, 6) is 0. The lowest BCUT2D eigenvalue weighted by molar-refractivity contribution is 0.174. The summed E-state index contributed by atoms with van der Waals surface area (Å²) in [6.45, 7) is 4.10. The highest BCUT2D eigenvalue weighted by atomic mass is 32.1. The summed E-state index contributed by atoms with van der Waals surface area (Å²) in [7, 11) is 0. The van der Waals surface area contributed by atoms with Crippen molar-refractivity contribution in [1.82, 2.24) is 5.32 Å². The zero-order valence-corrected chi connectivity index (χ0v) is 12.3. The first-order chi connectivity index (χ1) is 9.56. The zero-order valence-electron chi connectivity index (χ0n) is 11.5. The number of hydrogen-bond acceptors (Lipinski definition) is 3. The number of amides is 2. The van der Waals surface area contributed by atoms with Gasteiger partial charge < -0.3 is 10.4 Å². The van der Waals surface area contributed by atoms with Gasteiger partial charge in [0.1, 0.15) is 0 Å². The van der Waals surface area contributed by atoms with Gasteiger partial charge in [0.15, 0.2) is 0 Å². The molecular formula is C15H18N2O2S. The number of aliphatic hydroxyl groups excluding tert-OH is 1. The van der Waals surface area contributed by atoms with E-state index in [-0.39, 0.29) is 12.6 Å². The van der Waals surface area contributed by atoms with E-state index in [1.807, 2.05) is 50.2 Å². The second-order valence-corrected chi connectivity index (χ2v) is 5.91. The Balaban J connectivity index is 1.85. The SMILES string of the molecule is Cc1ccc(NC(=O)NCC(O)c2ccccc2C)s1. The highest BCUT2D eigenvalue weighted by Gasteiger charge is 2.11. The number of urea groups is 1. The summed E-state index contributed by atoms with van der Waals surface area (Å²) < 4.78 is 0. The third-order valence-corrected chi connectivity index (χ3v) is 3.90. The van der Waals surface area contributed by atoms with Crippen LogP contribution in [0.1, 0.15) is 22.1 Å². The molecule has 0 radical (unpaired) electrons. The number of thiophene rings is 1. The number of benzene rings is 1. The van der Waals surface area contributed by atoms with Gasteiger partial charge >= 0.3 is 6.03 Å². The van der Waals surface area contributed by atoms with E-state index < -0.39 is 6.10 Å². The minimum atomic E-state index is -0.702. The monoisotopic (exact) mass is 290 g/mol. The van der Waals surface area contributed by atoms with Gasteiger partial charge in [-0.3, -0.25) is 5.32 Å². The third kappa shape index (κ3) is 3.82. The molecule has 1 atom stereocenters. The van der Waals surface area contributed by atoms with Crippen LogP contribution in [0, 0.1) is 13.8 Å². The normalized spacial score (nSPS) is 11.9. The number of rotatable bonds is 4. The number of carbonyl (C=O) groups is 1. The predicted octanol–water partition coefficient (Wildman–Crippen LogP) is 3.22. The van der Waals surface area contributed by atoms with E-state index in [1.54, 1.807) is 0 Å². The van der Waals surface area contributed by atoms with Crippen LogP contribution in [-0.2, 0) is 0 Å². The second-order valence-electron chi connectivity index (χ2n) is 4.62. The molecule has 1 aromatic heterocycles. The molecule has 0 spiro atoms. The first-order valence-corrected chi connectivity index (χ1v) is 7.23. The molecule has 4 nitrogen and oxygen atoms in total. The Morgan fingerprint density at radius 1 is 1.25 bits per heavy atom. The number of anilines is 1. The van der Waals surface area contributed by atoms with Crippen molar-refractivity contribution in [2.45, 2.75) is 20.0 Å². The van der Waals surface area contributed by atoms with E-state index in [1.165, 1.54) is 11.3 Å². The first-order valence-electron chi connectivity index (χ1n) is 6.41. The molecule has 2 rings (SSSR count). The maximum atomic E-state index is 11.7. The molecule has 0 aliphatic heterocycles. The molecule has 1 aromatic carbocycles. The molecule has 1 heterocycles. The van der Waals surface area contributed by atoms with Crippen LogP contribution in [0.3, 0.4) is 0 Å². The molecule has 5 heteroatoms. The van der Waals surface area contributed by atoms with Gasteiger partial charge in [-0.05, 0) is 37.1 Å². The average Bonchev–Trinajstić information content (AvgIpc) is 2.82. The molecule has 0 bridgehead atoms. The van der Waals surface area contributed by atoms with Crippen molar-refractivity contribution >= 4 is 22.4 Å². The van der Waals surface area contributed by atoms with Crippen molar-refractivity contribution in [1.29, 1.82) is 0 Å². The molecule has 0 fully saturated rings. The van der Waals surface area contributed by atoms with Gasteiger partial charge in [0.2, 0.25) is 0 Å². The highest BCUT2D eigenvalue weighted by molar-refractivity contribution is 7.16. The standard InChI is InChI=1S/C15H18N2O2S/c1-10-5-3-4-6-12(10)13(18)9-16-15(19)17-14-8-7-11(2)20-14/h3-8,13,18H,9H2,1-2H3,(H2,16,17,19). The van der Waals surface area contributed by atoms with Crippen LogP contribution in [0.25, 0.3) is 0 Å². The summed E-state index contributed by atoms with van der Waals surface area (Å²) in [5, 5.41) is 16.3. The van der Waals surface area contributed by atoms with E-state index in [0.717, 1.165) is 21.0 Å². The fraction of sp³-hybridized carbons (Fsp3) is 0.267. The van der Waals surface area contributed by atoms with Crippen molar-refractivity contribution < 1.29 is 9.90 Å². The van der Waals surface area contributed by atoms with Crippen molar-refractivity contribution in [2.24, 2.45) is 0 Å². The molecule has 3 N–H and O–H groups in total. The fourth-order valence-corrected chi connectivity index (χ4v) is 2.68. The van der Waals surface area contributed by atoms with Crippen LogP contribution >= 0.6 is 11.3 Å². The maximum absolute atomic E-state index is 11.7. The Labute approximate surface area is 122 Å². The summed E-state index contributed by atoms with van der Waals surface area (Å²) in [5.41, 5.74) is 1.84. The van der Waals surface area contributed by atoms with Crippen LogP contribution in [0.15, 0.2) is 36.4 Å². The molecule has 1 unspecified atom stereocenters. The topological polar surface area (TPSA) is 61.4 Å². The number of hydrogen-bond donors (Lipinski definition) is 3. The van der Waals surface area contributed by atoms with E-state index in [9.17, 15) is 9.90 Å². The van der Waals surface area contributed by atoms with Gasteiger partial charge in [0.25, 0.3) is 0 Å². The molecular weight excluding hydrogens is 272 g/mol. The van der Waals surface area contributed by atoms with Crippen molar-refractivity contribution in [3.63, 3.8) is 0 Å². The van der Waals surface area contributed by atoms with Crippen molar-refractivity contribution in [2.75, 3.05) is 11.9 Å². The minimum absolute atomic E-state index is 0.182. The van der Waals surface area contributed by atoms with Crippen molar-refractivity contribution in [3.8, 4) is 0 Å². The average molecular weight is 290 g/mol. The first kappa shape index (κ1) is 14.6. The van der Waals surface area contributed by atoms with Crippen LogP contribution < -0.4 is 10.6 Å². The van der Waals surface area contributed by atoms with Crippen LogP contribution in [0.5, 0.6) is 0 Å². The number of aryl methyl sites for hydroxylation is 2. The lowest BCUT2D eigenvalue weighted by Crippen LogP contribution is -2.32. The van der Waals surface area contributed by atoms with Gasteiger partial charge in [-0.1, -0.05) is 24.3 Å². The van der Waals surface area contributed by atoms with Gasteiger partial charge in [-0.15, -0.1) is 11.3 Å². The molecule has 0 saturated heterocycles. The molecule has 0 aliphatic carbocycles. The van der Waals surface area contributed by atoms with Gasteiger partial charge in [0.05, 0.1) is 11.1 Å². The van der Waals surface area contributed by atoms with Gasteiger partial charge in [-0.25, -0.2) is 4.79 Å². The minimum Gasteiger partial charge on any atom is -0.387 e. The molecule has 20 heavy (non-hydrogen) atoms. The Hall–Kier alpha value is -1.85. The largest absolute Gasteiger partial charge is 0.387 e. The Morgan fingerprint density at radius 3 is 2.65 bits per heavy atom. The van der Waals surface area contributed by atoms with Crippen LogP contribution in [0.2, 0.25) is 0 Å². The molecule has 0 saturated carbocycles. The predicted molar refractivity (Wildman–Crippen MR) is 82.2 cm³/mol. The summed E-state index contributed by atoms with van der Waals surface area (Å²) in [6.07, 6.45) is -0.702. The Bertz CT molecular complexity index is 595. The van der Waals surface area contributed by atoms with E-state index in [0.29, 0.717) is 0 Å². The summed E-state index contributed by atoms with van der Waals surface area (Å²) in [6, 6.07) is 11.1. The van der Waals surface area contributed by atoms with Gasteiger partial charge in [0, 0.05) is 11.4 Å². The second kappa shape index (κ2) is 6.54. The molecule has 2 aromatic rings. The van der Waals surface area contributed by atoms with E-state index >= 15 is 0 Å². The van der Waals surface area contributed by atoms with Crippen molar-refractivity contribution in [3.05, 3.63) is 52.4 Å². The van der Waals surface area contributed by atoms with Crippen LogP contribution in [0.4, 0.5) is 9.80 Å². The van der Waals surface area contributed by atoms with Crippen LogP contribution in [-0.4, -0.2) is 17.7 Å². The van der Waals surface area contributed by atoms with E-state index in [2.05, 4.69) is 10.6 Å². The fourth-order valence-electron chi connectivity index (χ4n) is 1.92. The molecule has 0 aliphatic rings. The maximum Gasteiger partial charge on any atom is 0.319 e. The number of nitrogens with one attached hydrogen (secondary N) is 2. The molecule has 106 valence electrons. The summed E-state index contributed by atoms with van der Waals surface area (Å²) in [4.78, 5) is 12.9. The Morgan fingerprint density at radius 2 is 2.00 bits per heavy atom. The zero-order chi connectivity index (χ0) is 14.5. The highest BCUT2D eigenvalue weighted by Crippen LogP contribution is 2.20. The third-order valence-electron chi connectivity index (χ3n) is 2.98. The Kier molecular flexibility index (Phi) is 4.76.